The second-order valence-corrected chi connectivity index (χ2v) is 7.61. The Hall–Kier alpha value is -3.24. The summed E-state index contributed by atoms with van der Waals surface area (Å²) in [6, 6.07) is 14.0. The van der Waals surface area contributed by atoms with Gasteiger partial charge in [0, 0.05) is 51.2 Å². The third-order valence-electron chi connectivity index (χ3n) is 5.75. The lowest BCUT2D eigenvalue weighted by Crippen LogP contribution is -2.29. The van der Waals surface area contributed by atoms with Crippen molar-refractivity contribution in [2.24, 2.45) is 11.8 Å². The highest BCUT2D eigenvalue weighted by Crippen LogP contribution is 2.34. The van der Waals surface area contributed by atoms with Crippen LogP contribution >= 0.6 is 0 Å². The average molecular weight is 371 g/mol. The van der Waals surface area contributed by atoms with E-state index >= 15 is 0 Å². The van der Waals surface area contributed by atoms with E-state index in [1.807, 2.05) is 30.5 Å². The fourth-order valence-electron chi connectivity index (χ4n) is 4.39. The van der Waals surface area contributed by atoms with Crippen LogP contribution in [-0.4, -0.2) is 50.8 Å². The van der Waals surface area contributed by atoms with Gasteiger partial charge in [-0.3, -0.25) is 4.90 Å². The number of nitrogens with zero attached hydrogens (tertiary/aromatic N) is 7. The Balaban J connectivity index is 1.22. The molecule has 2 aliphatic heterocycles. The Morgan fingerprint density at radius 2 is 1.75 bits per heavy atom. The summed E-state index contributed by atoms with van der Waals surface area (Å²) in [7, 11) is 0. The summed E-state index contributed by atoms with van der Waals surface area (Å²) in [6.07, 6.45) is 5.27. The summed E-state index contributed by atoms with van der Waals surface area (Å²) in [4.78, 5) is 13.7. The van der Waals surface area contributed by atoms with E-state index < -0.39 is 0 Å². The van der Waals surface area contributed by atoms with Gasteiger partial charge in [-0.2, -0.15) is 10.4 Å². The molecule has 2 fully saturated rings. The van der Waals surface area contributed by atoms with Crippen LogP contribution in [0, 0.1) is 23.2 Å². The maximum Gasteiger partial charge on any atom is 0.158 e. The van der Waals surface area contributed by atoms with Crippen LogP contribution < -0.4 is 4.90 Å². The van der Waals surface area contributed by atoms with E-state index in [0.717, 1.165) is 49.9 Å². The average Bonchev–Trinajstić information content (AvgIpc) is 3.45. The zero-order valence-electron chi connectivity index (χ0n) is 15.5. The molecule has 2 aliphatic rings. The quantitative estimate of drug-likeness (QED) is 0.699. The summed E-state index contributed by atoms with van der Waals surface area (Å²) < 4.78 is 1.77. The molecule has 3 aromatic rings. The van der Waals surface area contributed by atoms with Crippen molar-refractivity contribution in [2.75, 3.05) is 31.1 Å². The van der Waals surface area contributed by atoms with Gasteiger partial charge in [0.15, 0.2) is 5.82 Å². The molecule has 0 saturated carbocycles. The second-order valence-electron chi connectivity index (χ2n) is 7.61. The number of rotatable bonds is 4. The molecule has 140 valence electrons. The highest BCUT2D eigenvalue weighted by Gasteiger charge is 2.40. The molecule has 7 nitrogen and oxygen atoms in total. The van der Waals surface area contributed by atoms with Crippen LogP contribution in [0.25, 0.3) is 5.82 Å². The van der Waals surface area contributed by atoms with Gasteiger partial charge in [0.1, 0.15) is 12.1 Å². The number of likely N-dealkylation sites (tertiary alicyclic amines) is 1. The number of hydrogen-bond donors (Lipinski definition) is 0. The largest absolute Gasteiger partial charge is 0.356 e. The molecule has 0 aliphatic carbocycles. The van der Waals surface area contributed by atoms with Crippen LogP contribution in [-0.2, 0) is 6.54 Å². The Morgan fingerprint density at radius 3 is 2.43 bits per heavy atom. The molecule has 0 bridgehead atoms. The molecule has 2 aromatic heterocycles. The summed E-state index contributed by atoms with van der Waals surface area (Å²) in [5.74, 6) is 3.12. The number of anilines is 1. The molecule has 0 N–H and O–H groups in total. The Bertz CT molecular complexity index is 976. The number of benzene rings is 1. The normalized spacial score (nSPS) is 21.6. The maximum absolute atomic E-state index is 8.93. The third kappa shape index (κ3) is 3.23. The monoisotopic (exact) mass is 371 g/mol. The van der Waals surface area contributed by atoms with Gasteiger partial charge in [-0.15, -0.1) is 0 Å². The number of hydrogen-bond acceptors (Lipinski definition) is 6. The lowest BCUT2D eigenvalue weighted by atomic mass is 10.0. The molecular weight excluding hydrogens is 350 g/mol. The van der Waals surface area contributed by atoms with Crippen molar-refractivity contribution in [1.82, 2.24) is 24.6 Å². The van der Waals surface area contributed by atoms with Crippen molar-refractivity contribution in [2.45, 2.75) is 6.54 Å². The molecule has 4 heterocycles. The van der Waals surface area contributed by atoms with Gasteiger partial charge in [-0.25, -0.2) is 14.6 Å². The fourth-order valence-corrected chi connectivity index (χ4v) is 4.39. The molecular formula is C21H21N7. The first-order valence-electron chi connectivity index (χ1n) is 9.57. The SMILES string of the molecule is N#Cc1ccc(CN2CC3CN(c4cc(-n5cccn5)ncn4)CC3C2)cc1. The first-order chi connectivity index (χ1) is 13.8. The molecule has 7 heteroatoms. The summed E-state index contributed by atoms with van der Waals surface area (Å²) in [5.41, 5.74) is 1.99. The van der Waals surface area contributed by atoms with Gasteiger partial charge in [-0.1, -0.05) is 12.1 Å². The number of nitriles is 1. The molecule has 5 rings (SSSR count). The highest BCUT2D eigenvalue weighted by molar-refractivity contribution is 5.44. The topological polar surface area (TPSA) is 73.9 Å². The lowest BCUT2D eigenvalue weighted by molar-refractivity contribution is 0.309. The molecule has 0 spiro atoms. The van der Waals surface area contributed by atoms with E-state index in [0.29, 0.717) is 11.8 Å². The van der Waals surface area contributed by atoms with Crippen LogP contribution in [0.15, 0.2) is 55.1 Å². The van der Waals surface area contributed by atoms with E-state index in [2.05, 4.69) is 43.1 Å². The molecule has 1 aromatic carbocycles. The predicted octanol–water partition coefficient (Wildman–Crippen LogP) is 2.10. The van der Waals surface area contributed by atoms with Crippen molar-refractivity contribution in [3.05, 3.63) is 66.2 Å². The summed E-state index contributed by atoms with van der Waals surface area (Å²) in [6.45, 7) is 5.24. The Labute approximate surface area is 163 Å². The molecule has 0 amide bonds. The first kappa shape index (κ1) is 16.9. The summed E-state index contributed by atoms with van der Waals surface area (Å²) >= 11 is 0. The van der Waals surface area contributed by atoms with Crippen LogP contribution in [0.1, 0.15) is 11.1 Å². The molecule has 28 heavy (non-hydrogen) atoms. The van der Waals surface area contributed by atoms with Crippen molar-refractivity contribution in [1.29, 1.82) is 5.26 Å². The smallest absolute Gasteiger partial charge is 0.158 e. The Kier molecular flexibility index (Phi) is 4.26. The number of fused-ring (bicyclic) bond motifs is 1. The zero-order valence-corrected chi connectivity index (χ0v) is 15.5. The highest BCUT2D eigenvalue weighted by atomic mass is 15.3. The summed E-state index contributed by atoms with van der Waals surface area (Å²) in [5, 5.41) is 13.2. The molecule has 2 atom stereocenters. The lowest BCUT2D eigenvalue weighted by Gasteiger charge is -2.22. The minimum absolute atomic E-state index is 0.668. The third-order valence-corrected chi connectivity index (χ3v) is 5.75. The zero-order chi connectivity index (χ0) is 18.9. The van der Waals surface area contributed by atoms with Crippen molar-refractivity contribution in [3.8, 4) is 11.9 Å². The minimum atomic E-state index is 0.668. The molecule has 2 saturated heterocycles. The van der Waals surface area contributed by atoms with Crippen molar-refractivity contribution in [3.63, 3.8) is 0 Å². The van der Waals surface area contributed by atoms with Gasteiger partial charge < -0.3 is 4.90 Å². The van der Waals surface area contributed by atoms with Crippen molar-refractivity contribution >= 4 is 5.82 Å². The minimum Gasteiger partial charge on any atom is -0.356 e. The maximum atomic E-state index is 8.93. The molecule has 2 unspecified atom stereocenters. The van der Waals surface area contributed by atoms with E-state index in [-0.39, 0.29) is 0 Å². The van der Waals surface area contributed by atoms with Gasteiger partial charge >= 0.3 is 0 Å². The standard InChI is InChI=1S/C21H21N7/c22-9-16-2-4-17(5-3-16)10-26-11-18-13-27(14-19(18)12-26)20-8-21(24-15-23-20)28-7-1-6-25-28/h1-8,15,18-19H,10-14H2. The van der Waals surface area contributed by atoms with Gasteiger partial charge in [0.25, 0.3) is 0 Å². The molecule has 0 radical (unpaired) electrons. The van der Waals surface area contributed by atoms with Crippen LogP contribution in [0.2, 0.25) is 0 Å². The van der Waals surface area contributed by atoms with E-state index in [1.165, 1.54) is 5.56 Å². The fraction of sp³-hybridized carbons (Fsp3) is 0.333. The van der Waals surface area contributed by atoms with E-state index in [4.69, 9.17) is 5.26 Å². The van der Waals surface area contributed by atoms with Gasteiger partial charge in [0.2, 0.25) is 0 Å². The predicted molar refractivity (Wildman–Crippen MR) is 105 cm³/mol. The van der Waals surface area contributed by atoms with Crippen LogP contribution in [0.3, 0.4) is 0 Å². The van der Waals surface area contributed by atoms with Gasteiger partial charge in [-0.05, 0) is 35.6 Å². The van der Waals surface area contributed by atoms with Crippen molar-refractivity contribution < 1.29 is 0 Å². The first-order valence-corrected chi connectivity index (χ1v) is 9.57. The Morgan fingerprint density at radius 1 is 1.00 bits per heavy atom. The van der Waals surface area contributed by atoms with Crippen LogP contribution in [0.5, 0.6) is 0 Å². The van der Waals surface area contributed by atoms with E-state index in [1.54, 1.807) is 17.2 Å². The van der Waals surface area contributed by atoms with E-state index in [9.17, 15) is 0 Å². The van der Waals surface area contributed by atoms with Crippen LogP contribution in [0.4, 0.5) is 5.82 Å². The second kappa shape index (κ2) is 7.06. The number of aromatic nitrogens is 4. The van der Waals surface area contributed by atoms with Gasteiger partial charge in [0.05, 0.1) is 11.6 Å².